The molecule has 1 aliphatic heterocycles. The summed E-state index contributed by atoms with van der Waals surface area (Å²) in [7, 11) is 1.70. The highest BCUT2D eigenvalue weighted by Gasteiger charge is 2.41. The number of rotatable bonds is 1. The van der Waals surface area contributed by atoms with Crippen LogP contribution in [0.3, 0.4) is 0 Å². The first-order valence-corrected chi connectivity index (χ1v) is 5.73. The fourth-order valence-corrected chi connectivity index (χ4v) is 2.06. The number of hydrogen-bond acceptors (Lipinski definition) is 4. The predicted octanol–water partition coefficient (Wildman–Crippen LogP) is -0.647. The zero-order chi connectivity index (χ0) is 13.5. The van der Waals surface area contributed by atoms with Crippen molar-refractivity contribution in [3.63, 3.8) is 0 Å². The number of nitrogens with two attached hydrogens (primary N) is 1. The molecule has 98 valence electrons. The maximum atomic E-state index is 12.4. The molecule has 0 saturated carbocycles. The number of nitrogens with zero attached hydrogens (tertiary/aromatic N) is 3. The van der Waals surface area contributed by atoms with Crippen molar-refractivity contribution in [2.75, 3.05) is 18.8 Å². The molecular weight excluding hydrogens is 234 g/mol. The highest BCUT2D eigenvalue weighted by atomic mass is 16.2. The van der Waals surface area contributed by atoms with E-state index in [1.54, 1.807) is 27.1 Å². The van der Waals surface area contributed by atoms with Gasteiger partial charge < -0.3 is 16.0 Å². The standard InChI is InChI=1S/C11H17N5O2/c1-11(2)10(18)13-4-5-16(11)9(17)8-7(12)6-15(3)14-8/h6H,4-5,12H2,1-3H3,(H,13,18). The predicted molar refractivity (Wildman–Crippen MR) is 65.7 cm³/mol. The fraction of sp³-hybridized carbons (Fsp3) is 0.545. The average Bonchev–Trinajstić information content (AvgIpc) is 2.61. The molecule has 0 unspecified atom stereocenters. The Morgan fingerprint density at radius 2 is 2.22 bits per heavy atom. The molecule has 1 fully saturated rings. The van der Waals surface area contributed by atoms with E-state index >= 15 is 0 Å². The minimum Gasteiger partial charge on any atom is -0.396 e. The Labute approximate surface area is 105 Å². The van der Waals surface area contributed by atoms with E-state index in [4.69, 9.17) is 5.73 Å². The number of anilines is 1. The molecule has 2 heterocycles. The second-order valence-electron chi connectivity index (χ2n) is 4.88. The van der Waals surface area contributed by atoms with E-state index in [1.165, 1.54) is 9.58 Å². The second-order valence-corrected chi connectivity index (χ2v) is 4.88. The van der Waals surface area contributed by atoms with E-state index < -0.39 is 5.54 Å². The van der Waals surface area contributed by atoms with Crippen molar-refractivity contribution in [3.8, 4) is 0 Å². The van der Waals surface area contributed by atoms with Crippen molar-refractivity contribution in [2.45, 2.75) is 19.4 Å². The van der Waals surface area contributed by atoms with Gasteiger partial charge in [-0.1, -0.05) is 0 Å². The molecule has 0 spiro atoms. The number of carbonyl (C=O) groups excluding carboxylic acids is 2. The van der Waals surface area contributed by atoms with Gasteiger partial charge in [0.1, 0.15) is 5.54 Å². The van der Waals surface area contributed by atoms with Gasteiger partial charge in [0, 0.05) is 26.3 Å². The van der Waals surface area contributed by atoms with E-state index in [2.05, 4.69) is 10.4 Å². The minimum absolute atomic E-state index is 0.170. The van der Waals surface area contributed by atoms with Crippen LogP contribution in [0.4, 0.5) is 5.69 Å². The van der Waals surface area contributed by atoms with Gasteiger partial charge in [-0.2, -0.15) is 5.10 Å². The Balaban J connectivity index is 2.33. The van der Waals surface area contributed by atoms with Crippen LogP contribution in [0.2, 0.25) is 0 Å². The lowest BCUT2D eigenvalue weighted by molar-refractivity contribution is -0.133. The highest BCUT2D eigenvalue weighted by Crippen LogP contribution is 2.22. The third-order valence-electron chi connectivity index (χ3n) is 3.16. The molecule has 7 nitrogen and oxygen atoms in total. The average molecular weight is 251 g/mol. The molecule has 0 aromatic carbocycles. The number of aromatic nitrogens is 2. The first-order chi connectivity index (χ1) is 8.34. The van der Waals surface area contributed by atoms with Gasteiger partial charge in [-0.15, -0.1) is 0 Å². The summed E-state index contributed by atoms with van der Waals surface area (Å²) in [6.45, 7) is 4.31. The van der Waals surface area contributed by atoms with Gasteiger partial charge in [0.25, 0.3) is 5.91 Å². The van der Waals surface area contributed by atoms with Crippen LogP contribution >= 0.6 is 0 Å². The fourth-order valence-electron chi connectivity index (χ4n) is 2.06. The van der Waals surface area contributed by atoms with Crippen molar-refractivity contribution >= 4 is 17.5 Å². The van der Waals surface area contributed by atoms with Crippen molar-refractivity contribution < 1.29 is 9.59 Å². The van der Waals surface area contributed by atoms with Crippen LogP contribution in [-0.2, 0) is 11.8 Å². The van der Waals surface area contributed by atoms with Crippen LogP contribution in [0.25, 0.3) is 0 Å². The molecule has 2 amide bonds. The minimum atomic E-state index is -0.890. The lowest BCUT2D eigenvalue weighted by atomic mass is 9.98. The lowest BCUT2D eigenvalue weighted by Crippen LogP contribution is -2.63. The van der Waals surface area contributed by atoms with Gasteiger partial charge in [0.2, 0.25) is 5.91 Å². The van der Waals surface area contributed by atoms with E-state index in [9.17, 15) is 9.59 Å². The van der Waals surface area contributed by atoms with Crippen LogP contribution in [-0.4, -0.2) is 45.1 Å². The highest BCUT2D eigenvalue weighted by molar-refractivity contribution is 6.01. The third-order valence-corrected chi connectivity index (χ3v) is 3.16. The van der Waals surface area contributed by atoms with Crippen LogP contribution in [0.5, 0.6) is 0 Å². The summed E-state index contributed by atoms with van der Waals surface area (Å²) in [4.78, 5) is 25.7. The van der Waals surface area contributed by atoms with Crippen LogP contribution in [0, 0.1) is 0 Å². The maximum absolute atomic E-state index is 12.4. The molecule has 1 aromatic rings. The number of hydrogen-bond donors (Lipinski definition) is 2. The van der Waals surface area contributed by atoms with Crippen LogP contribution in [0.1, 0.15) is 24.3 Å². The molecule has 0 atom stereocenters. The van der Waals surface area contributed by atoms with Crippen molar-refractivity contribution in [1.29, 1.82) is 0 Å². The van der Waals surface area contributed by atoms with E-state index in [1.807, 2.05) is 0 Å². The topological polar surface area (TPSA) is 93.2 Å². The maximum Gasteiger partial charge on any atom is 0.277 e. The normalized spacial score (nSPS) is 18.6. The van der Waals surface area contributed by atoms with Gasteiger partial charge in [0.15, 0.2) is 5.69 Å². The van der Waals surface area contributed by atoms with Gasteiger partial charge in [-0.05, 0) is 13.8 Å². The largest absolute Gasteiger partial charge is 0.396 e. The summed E-state index contributed by atoms with van der Waals surface area (Å²) in [6.07, 6.45) is 1.57. The number of aryl methyl sites for hydroxylation is 1. The third kappa shape index (κ3) is 1.81. The van der Waals surface area contributed by atoms with Crippen LogP contribution in [0.15, 0.2) is 6.20 Å². The molecular formula is C11H17N5O2. The molecule has 1 aromatic heterocycles. The molecule has 0 aliphatic carbocycles. The van der Waals surface area contributed by atoms with Gasteiger partial charge in [-0.25, -0.2) is 0 Å². The van der Waals surface area contributed by atoms with E-state index in [0.29, 0.717) is 18.8 Å². The smallest absolute Gasteiger partial charge is 0.277 e. The zero-order valence-corrected chi connectivity index (χ0v) is 10.7. The molecule has 1 saturated heterocycles. The monoisotopic (exact) mass is 251 g/mol. The molecule has 7 heteroatoms. The molecule has 3 N–H and O–H groups in total. The Morgan fingerprint density at radius 1 is 1.56 bits per heavy atom. The summed E-state index contributed by atoms with van der Waals surface area (Å²) in [6, 6.07) is 0. The summed E-state index contributed by atoms with van der Waals surface area (Å²) in [5.74, 6) is -0.482. The lowest BCUT2D eigenvalue weighted by Gasteiger charge is -2.40. The number of amides is 2. The first-order valence-electron chi connectivity index (χ1n) is 5.73. The van der Waals surface area contributed by atoms with Gasteiger partial charge in [0.05, 0.1) is 5.69 Å². The molecule has 0 radical (unpaired) electrons. The Morgan fingerprint density at radius 3 is 2.78 bits per heavy atom. The molecule has 1 aliphatic rings. The SMILES string of the molecule is Cn1cc(N)c(C(=O)N2CCNC(=O)C2(C)C)n1. The Bertz CT molecular complexity index is 506. The van der Waals surface area contributed by atoms with Crippen molar-refractivity contribution in [3.05, 3.63) is 11.9 Å². The Hall–Kier alpha value is -2.05. The quantitative estimate of drug-likeness (QED) is 0.693. The molecule has 0 bridgehead atoms. The number of nitrogen functional groups attached to an aromatic ring is 1. The Kier molecular flexibility index (Phi) is 2.76. The summed E-state index contributed by atoms with van der Waals surface area (Å²) >= 11 is 0. The van der Waals surface area contributed by atoms with Gasteiger partial charge >= 0.3 is 0 Å². The number of carbonyl (C=O) groups is 2. The summed E-state index contributed by atoms with van der Waals surface area (Å²) in [5, 5.41) is 6.78. The number of piperazine rings is 1. The second kappa shape index (κ2) is 4.01. The molecule has 2 rings (SSSR count). The van der Waals surface area contributed by atoms with Crippen molar-refractivity contribution in [1.82, 2.24) is 20.0 Å². The summed E-state index contributed by atoms with van der Waals surface area (Å²) < 4.78 is 1.49. The molecule has 18 heavy (non-hydrogen) atoms. The first kappa shape index (κ1) is 12.4. The van der Waals surface area contributed by atoms with Crippen molar-refractivity contribution in [2.24, 2.45) is 7.05 Å². The summed E-state index contributed by atoms with van der Waals surface area (Å²) in [5.41, 5.74) is 5.37. The van der Waals surface area contributed by atoms with E-state index in [0.717, 1.165) is 0 Å². The van der Waals surface area contributed by atoms with Gasteiger partial charge in [-0.3, -0.25) is 14.3 Å². The van der Waals surface area contributed by atoms with Crippen LogP contribution < -0.4 is 11.1 Å². The number of nitrogens with one attached hydrogen (secondary N) is 1. The van der Waals surface area contributed by atoms with E-state index in [-0.39, 0.29) is 17.5 Å². The zero-order valence-electron chi connectivity index (χ0n) is 10.7.